The number of benzene rings is 3. The maximum Gasteiger partial charge on any atom is 0.325 e. The summed E-state index contributed by atoms with van der Waals surface area (Å²) in [5.41, 5.74) is 2.94. The summed E-state index contributed by atoms with van der Waals surface area (Å²) in [6.45, 7) is 2.20. The summed E-state index contributed by atoms with van der Waals surface area (Å²) < 4.78 is 39.1. The molecule has 2 unspecified atom stereocenters. The standard InChI is InChI=1S/C32H30F2N4O4S/c1-41-15-14-35-19-21-2-6-22(7-3-21)29-18-26-31(43-29)28(12-13-36-26)42-27-11-10-24(17-25(27)34)37-32(40)38-30(39)16-20-4-8-23(33)9-5-20/h2-13,17-18,26,31,35H,14-16,19H2,1H3,(H2,37,38,39,40). The number of methoxy groups -OCH3 is 1. The van der Waals surface area contributed by atoms with Gasteiger partial charge in [0.2, 0.25) is 5.91 Å². The molecule has 2 atom stereocenters. The van der Waals surface area contributed by atoms with E-state index in [0.29, 0.717) is 17.9 Å². The number of imide groups is 1. The molecule has 0 aromatic heterocycles. The number of nitrogens with zero attached hydrogens (tertiary/aromatic N) is 1. The zero-order valence-electron chi connectivity index (χ0n) is 23.3. The molecule has 0 spiro atoms. The summed E-state index contributed by atoms with van der Waals surface area (Å²) >= 11 is 1.61. The van der Waals surface area contributed by atoms with E-state index in [0.717, 1.165) is 29.6 Å². The number of amides is 3. The van der Waals surface area contributed by atoms with E-state index in [4.69, 9.17) is 9.47 Å². The van der Waals surface area contributed by atoms with Gasteiger partial charge in [-0.05, 0) is 53.1 Å². The zero-order valence-corrected chi connectivity index (χ0v) is 24.1. The molecule has 0 saturated carbocycles. The van der Waals surface area contributed by atoms with Crippen LogP contribution < -0.4 is 20.7 Å². The third kappa shape index (κ3) is 8.16. The fourth-order valence-electron chi connectivity index (χ4n) is 4.51. The van der Waals surface area contributed by atoms with Crippen molar-refractivity contribution in [2.24, 2.45) is 4.99 Å². The lowest BCUT2D eigenvalue weighted by atomic mass is 10.1. The smallest absolute Gasteiger partial charge is 0.325 e. The van der Waals surface area contributed by atoms with E-state index >= 15 is 4.39 Å². The van der Waals surface area contributed by atoms with Gasteiger partial charge < -0.3 is 20.1 Å². The van der Waals surface area contributed by atoms with Gasteiger partial charge in [-0.3, -0.25) is 15.1 Å². The summed E-state index contributed by atoms with van der Waals surface area (Å²) in [5.74, 6) is -1.12. The monoisotopic (exact) mass is 604 g/mol. The van der Waals surface area contributed by atoms with E-state index in [9.17, 15) is 14.0 Å². The van der Waals surface area contributed by atoms with Crippen molar-refractivity contribution in [3.05, 3.63) is 113 Å². The van der Waals surface area contributed by atoms with Gasteiger partial charge in [0, 0.05) is 43.1 Å². The largest absolute Gasteiger partial charge is 0.457 e. The lowest BCUT2D eigenvalue weighted by Gasteiger charge is -2.22. The predicted octanol–water partition coefficient (Wildman–Crippen LogP) is 5.46. The number of allylic oxidation sites excluding steroid dienone is 1. The maximum absolute atomic E-state index is 15.0. The first-order valence-corrected chi connectivity index (χ1v) is 14.5. The Bertz CT molecular complexity index is 1560. The third-order valence-electron chi connectivity index (χ3n) is 6.66. The van der Waals surface area contributed by atoms with Gasteiger partial charge in [-0.15, -0.1) is 11.8 Å². The topological polar surface area (TPSA) is 101 Å². The third-order valence-corrected chi connectivity index (χ3v) is 8.05. The Morgan fingerprint density at radius 2 is 1.77 bits per heavy atom. The molecule has 3 N–H and O–H groups in total. The minimum Gasteiger partial charge on any atom is -0.457 e. The Morgan fingerprint density at radius 3 is 2.51 bits per heavy atom. The summed E-state index contributed by atoms with van der Waals surface area (Å²) in [6.07, 6.45) is 5.37. The first-order chi connectivity index (χ1) is 20.9. The number of fused-ring (bicyclic) bond motifs is 1. The van der Waals surface area contributed by atoms with Crippen molar-refractivity contribution < 1.29 is 27.8 Å². The first kappa shape index (κ1) is 30.1. The lowest BCUT2D eigenvalue weighted by molar-refractivity contribution is -0.119. The highest BCUT2D eigenvalue weighted by atomic mass is 32.2. The molecule has 0 aliphatic carbocycles. The number of nitrogens with one attached hydrogen (secondary N) is 3. The minimum atomic E-state index is -0.814. The van der Waals surface area contributed by atoms with Crippen molar-refractivity contribution in [1.82, 2.24) is 10.6 Å². The summed E-state index contributed by atoms with van der Waals surface area (Å²) in [4.78, 5) is 30.0. The first-order valence-electron chi connectivity index (χ1n) is 13.6. The molecule has 0 saturated heterocycles. The number of anilines is 1. The molecule has 3 aromatic rings. The minimum absolute atomic E-state index is 0.00183. The summed E-state index contributed by atoms with van der Waals surface area (Å²) in [5, 5.41) is 7.79. The number of carbonyl (C=O) groups is 2. The van der Waals surface area contributed by atoms with Crippen LogP contribution in [0.2, 0.25) is 0 Å². The Kier molecular flexibility index (Phi) is 9.98. The second-order valence-electron chi connectivity index (χ2n) is 9.85. The van der Waals surface area contributed by atoms with Crippen molar-refractivity contribution in [3.63, 3.8) is 0 Å². The van der Waals surface area contributed by atoms with Crippen LogP contribution in [0.1, 0.15) is 16.7 Å². The van der Waals surface area contributed by atoms with Crippen LogP contribution in [0.5, 0.6) is 5.75 Å². The van der Waals surface area contributed by atoms with Gasteiger partial charge in [-0.1, -0.05) is 36.4 Å². The van der Waals surface area contributed by atoms with E-state index in [1.165, 1.54) is 42.0 Å². The number of dihydropyridines is 1. The lowest BCUT2D eigenvalue weighted by Crippen LogP contribution is -2.35. The molecule has 3 aromatic carbocycles. The Labute approximate surface area is 252 Å². The molecular weight excluding hydrogens is 574 g/mol. The van der Waals surface area contributed by atoms with Crippen LogP contribution in [0.3, 0.4) is 0 Å². The quantitative estimate of drug-likeness (QED) is 0.251. The second-order valence-corrected chi connectivity index (χ2v) is 11.0. The van der Waals surface area contributed by atoms with Gasteiger partial charge in [0.1, 0.15) is 11.6 Å². The Morgan fingerprint density at radius 1 is 1.00 bits per heavy atom. The zero-order chi connectivity index (χ0) is 30.2. The van der Waals surface area contributed by atoms with Crippen LogP contribution in [-0.2, 0) is 22.5 Å². The van der Waals surface area contributed by atoms with Gasteiger partial charge in [-0.25, -0.2) is 13.6 Å². The molecule has 2 aliphatic rings. The predicted molar refractivity (Wildman–Crippen MR) is 164 cm³/mol. The van der Waals surface area contributed by atoms with Crippen LogP contribution in [0.4, 0.5) is 19.3 Å². The van der Waals surface area contributed by atoms with Crippen LogP contribution in [0.25, 0.3) is 4.91 Å². The van der Waals surface area contributed by atoms with E-state index in [2.05, 4.69) is 51.3 Å². The average Bonchev–Trinajstić information content (AvgIpc) is 3.44. The molecule has 0 radical (unpaired) electrons. The maximum atomic E-state index is 15.0. The van der Waals surface area contributed by atoms with Crippen molar-refractivity contribution >= 4 is 40.5 Å². The summed E-state index contributed by atoms with van der Waals surface area (Å²) in [6, 6.07) is 16.8. The van der Waals surface area contributed by atoms with Gasteiger partial charge in [0.15, 0.2) is 11.6 Å². The normalized spacial score (nSPS) is 17.1. The van der Waals surface area contributed by atoms with Gasteiger partial charge in [-0.2, -0.15) is 0 Å². The number of ether oxygens (including phenoxy) is 2. The van der Waals surface area contributed by atoms with Crippen molar-refractivity contribution in [2.45, 2.75) is 24.3 Å². The Balaban J connectivity index is 1.14. The van der Waals surface area contributed by atoms with E-state index in [1.54, 1.807) is 31.2 Å². The number of carbonyl (C=O) groups excluding carboxylic acids is 2. The van der Waals surface area contributed by atoms with Crippen LogP contribution in [0.15, 0.2) is 89.6 Å². The molecule has 5 rings (SSSR count). The Hall–Kier alpha value is -4.32. The van der Waals surface area contributed by atoms with Gasteiger partial charge >= 0.3 is 6.03 Å². The van der Waals surface area contributed by atoms with E-state index in [-0.39, 0.29) is 29.1 Å². The van der Waals surface area contributed by atoms with Crippen LogP contribution in [-0.4, -0.2) is 49.7 Å². The fourth-order valence-corrected chi connectivity index (χ4v) is 5.80. The molecule has 0 fully saturated rings. The van der Waals surface area contributed by atoms with Crippen LogP contribution in [0, 0.1) is 11.6 Å². The highest BCUT2D eigenvalue weighted by Gasteiger charge is 2.35. The van der Waals surface area contributed by atoms with E-state index in [1.807, 2.05) is 0 Å². The number of urea groups is 1. The molecule has 2 heterocycles. The fraction of sp³-hybridized carbons (Fsp3) is 0.219. The van der Waals surface area contributed by atoms with Gasteiger partial charge in [0.05, 0.1) is 24.3 Å². The number of hydrogen-bond acceptors (Lipinski definition) is 7. The molecule has 8 nitrogen and oxygen atoms in total. The number of rotatable bonds is 11. The number of thioether (sulfide) groups is 1. The molecule has 0 bridgehead atoms. The van der Waals surface area contributed by atoms with E-state index < -0.39 is 23.6 Å². The molecule has 11 heteroatoms. The number of aliphatic imine (C=N–C) groups is 1. The molecule has 43 heavy (non-hydrogen) atoms. The number of hydrogen-bond donors (Lipinski definition) is 3. The molecule has 222 valence electrons. The molecular formula is C32H30F2N4O4S. The SMILES string of the molecule is COCCNCc1ccc(C2=CC3N=CC=C(Oc4ccc(NC(=O)NC(=O)Cc5ccc(F)cc5)cc4F)C3S2)cc1. The molecule has 2 aliphatic heterocycles. The average molecular weight is 605 g/mol. The highest BCUT2D eigenvalue weighted by molar-refractivity contribution is 8.09. The van der Waals surface area contributed by atoms with Crippen LogP contribution >= 0.6 is 11.8 Å². The second kappa shape index (κ2) is 14.2. The molecule has 3 amide bonds. The number of halogens is 2. The van der Waals surface area contributed by atoms with Crippen molar-refractivity contribution in [3.8, 4) is 5.75 Å². The van der Waals surface area contributed by atoms with Gasteiger partial charge in [0.25, 0.3) is 0 Å². The van der Waals surface area contributed by atoms with Crippen molar-refractivity contribution in [1.29, 1.82) is 0 Å². The highest BCUT2D eigenvalue weighted by Crippen LogP contribution is 2.45. The van der Waals surface area contributed by atoms with Crippen molar-refractivity contribution in [2.75, 3.05) is 25.6 Å². The summed E-state index contributed by atoms with van der Waals surface area (Å²) in [7, 11) is 1.68.